The molecule has 0 aliphatic carbocycles. The Balaban J connectivity index is 0.000000516. The van der Waals surface area contributed by atoms with Gasteiger partial charge >= 0.3 is 5.97 Å². The first-order chi connectivity index (χ1) is 12.3. The Morgan fingerprint density at radius 2 is 1.48 bits per heavy atom. The van der Waals surface area contributed by atoms with Crippen LogP contribution >= 0.6 is 58.0 Å². The molecule has 0 saturated carbocycles. The van der Waals surface area contributed by atoms with E-state index in [4.69, 9.17) is 68.5 Å². The highest BCUT2D eigenvalue weighted by molar-refractivity contribution is 6.55. The molecule has 0 radical (unpaired) electrons. The minimum absolute atomic E-state index is 0.0102. The van der Waals surface area contributed by atoms with E-state index >= 15 is 0 Å². The van der Waals surface area contributed by atoms with Crippen LogP contribution in [0.25, 0.3) is 0 Å². The monoisotopic (exact) mass is 479 g/mol. The summed E-state index contributed by atoms with van der Waals surface area (Å²) in [6.07, 6.45) is 0. The Labute approximate surface area is 186 Å². The molecule has 0 amide bonds. The molecule has 27 heavy (non-hydrogen) atoms. The van der Waals surface area contributed by atoms with Gasteiger partial charge in [-0.2, -0.15) is 0 Å². The number of rotatable bonds is 6. The van der Waals surface area contributed by atoms with Crippen LogP contribution in [0.1, 0.15) is 27.7 Å². The fraction of sp³-hybridized carbons (Fsp3) is 0.588. The summed E-state index contributed by atoms with van der Waals surface area (Å²) in [6, 6.07) is 0.455. The van der Waals surface area contributed by atoms with Crippen LogP contribution in [0.15, 0.2) is 0 Å². The quantitative estimate of drug-likeness (QED) is 0.255. The Hall–Kier alpha value is 0.0200. The van der Waals surface area contributed by atoms with E-state index < -0.39 is 5.97 Å². The van der Waals surface area contributed by atoms with Gasteiger partial charge in [0.15, 0.2) is 5.75 Å². The molecule has 1 unspecified atom stereocenters. The van der Waals surface area contributed by atoms with Crippen LogP contribution in [0.2, 0.25) is 25.1 Å². The van der Waals surface area contributed by atoms with Crippen molar-refractivity contribution in [1.29, 1.82) is 0 Å². The minimum atomic E-state index is -0.590. The van der Waals surface area contributed by atoms with Crippen molar-refractivity contribution in [1.82, 2.24) is 10.2 Å². The summed E-state index contributed by atoms with van der Waals surface area (Å²) in [4.78, 5) is 13.0. The molecule has 3 N–H and O–H groups in total. The average molecular weight is 482 g/mol. The first-order valence-corrected chi connectivity index (χ1v) is 9.98. The molecule has 0 aliphatic heterocycles. The number of likely N-dealkylation sites (N-methyl/N-ethyl adjacent to an activating group) is 1. The number of carbonyl (C=O) groups excluding carboxylic acids is 1. The summed E-state index contributed by atoms with van der Waals surface area (Å²) >= 11 is 28.8. The fourth-order valence-corrected chi connectivity index (χ4v) is 2.95. The summed E-state index contributed by atoms with van der Waals surface area (Å²) in [7, 11) is 4.20. The van der Waals surface area contributed by atoms with E-state index in [1.54, 1.807) is 0 Å². The number of nitrogens with one attached hydrogen (secondary N) is 1. The van der Waals surface area contributed by atoms with Gasteiger partial charge in [0.25, 0.3) is 0 Å². The summed E-state index contributed by atoms with van der Waals surface area (Å²) in [6.45, 7) is 9.42. The lowest BCUT2D eigenvalue weighted by Gasteiger charge is -2.38. The number of benzene rings is 1. The molecule has 1 rings (SSSR count). The Kier molecular flexibility index (Phi) is 11.9. The minimum Gasteiger partial charge on any atom is -0.423 e. The summed E-state index contributed by atoms with van der Waals surface area (Å²) in [5.41, 5.74) is 5.60. The first kappa shape index (κ1) is 27.0. The number of ether oxygens (including phenoxy) is 1. The van der Waals surface area contributed by atoms with E-state index in [1.807, 2.05) is 0 Å². The van der Waals surface area contributed by atoms with Gasteiger partial charge in [-0.25, -0.2) is 0 Å². The molecule has 0 saturated heterocycles. The lowest BCUT2D eigenvalue weighted by atomic mass is 9.95. The number of halogens is 5. The molecule has 10 heteroatoms. The lowest BCUT2D eigenvalue weighted by Crippen LogP contribution is -2.54. The average Bonchev–Trinajstić information content (AvgIpc) is 2.60. The zero-order valence-electron chi connectivity index (χ0n) is 16.2. The number of hydrogen-bond donors (Lipinski definition) is 2. The number of esters is 1. The van der Waals surface area contributed by atoms with Gasteiger partial charge in [0.1, 0.15) is 10.0 Å². The molecule has 0 spiro atoms. The van der Waals surface area contributed by atoms with E-state index in [0.29, 0.717) is 12.6 Å². The molecular weight excluding hydrogens is 455 g/mol. The summed E-state index contributed by atoms with van der Waals surface area (Å²) < 4.78 is 4.76. The standard InChI is InChI=1S/C9H23N3.C8H3Cl5O2/c1-8(11-7-6-10)9(2,3)12(4)5;1-2(14)15-8-6(12)4(10)3(9)5(11)7(8)13/h8,11H,6-7,10H2,1-5H3;1H3. The Morgan fingerprint density at radius 3 is 1.81 bits per heavy atom. The number of carbonyl (C=O) groups is 1. The SMILES string of the molecule is CC(=O)Oc1c(Cl)c(Cl)c(Cl)c(Cl)c1Cl.CC(NCCN)C(C)(C)N(C)C. The third kappa shape index (κ3) is 7.75. The van der Waals surface area contributed by atoms with E-state index in [-0.39, 0.29) is 36.4 Å². The number of hydrogen-bond acceptors (Lipinski definition) is 5. The smallest absolute Gasteiger partial charge is 0.308 e. The molecule has 0 fully saturated rings. The zero-order chi connectivity index (χ0) is 21.5. The molecule has 1 atom stereocenters. The van der Waals surface area contributed by atoms with Gasteiger partial charge in [0.2, 0.25) is 0 Å². The second-order valence-corrected chi connectivity index (χ2v) is 8.40. The van der Waals surface area contributed by atoms with Gasteiger partial charge in [-0.3, -0.25) is 4.79 Å². The van der Waals surface area contributed by atoms with Gasteiger partial charge in [-0.15, -0.1) is 0 Å². The molecular formula is C17H26Cl5N3O2. The highest BCUT2D eigenvalue weighted by atomic mass is 35.5. The fourth-order valence-electron chi connectivity index (χ4n) is 1.76. The van der Waals surface area contributed by atoms with Crippen LogP contribution in [-0.4, -0.2) is 49.6 Å². The Morgan fingerprint density at radius 1 is 1.07 bits per heavy atom. The molecule has 1 aromatic rings. The van der Waals surface area contributed by atoms with Crippen LogP contribution in [0.4, 0.5) is 0 Å². The van der Waals surface area contributed by atoms with Crippen molar-refractivity contribution in [2.75, 3.05) is 27.2 Å². The largest absolute Gasteiger partial charge is 0.423 e. The van der Waals surface area contributed by atoms with Gasteiger partial charge in [0, 0.05) is 31.6 Å². The van der Waals surface area contributed by atoms with E-state index in [1.165, 1.54) is 6.92 Å². The third-order valence-corrected chi connectivity index (χ3v) is 6.46. The van der Waals surface area contributed by atoms with Gasteiger partial charge < -0.3 is 20.7 Å². The van der Waals surface area contributed by atoms with Crippen molar-refractivity contribution in [3.63, 3.8) is 0 Å². The Bertz CT molecular complexity index is 625. The van der Waals surface area contributed by atoms with E-state index in [2.05, 4.69) is 45.1 Å². The van der Waals surface area contributed by atoms with E-state index in [9.17, 15) is 4.79 Å². The second kappa shape index (κ2) is 11.9. The van der Waals surface area contributed by atoms with Crippen LogP contribution in [0, 0.1) is 0 Å². The molecule has 0 heterocycles. The zero-order valence-corrected chi connectivity index (χ0v) is 20.0. The summed E-state index contributed by atoms with van der Waals surface area (Å²) in [5, 5.41) is 3.29. The highest BCUT2D eigenvalue weighted by Gasteiger charge is 2.27. The second-order valence-electron chi connectivity index (χ2n) is 6.51. The van der Waals surface area contributed by atoms with Crippen molar-refractivity contribution in [2.45, 2.75) is 39.3 Å². The maximum atomic E-state index is 10.8. The first-order valence-electron chi connectivity index (χ1n) is 8.09. The van der Waals surface area contributed by atoms with Crippen LogP contribution in [-0.2, 0) is 4.79 Å². The maximum absolute atomic E-state index is 10.8. The molecule has 0 aliphatic rings. The molecule has 0 bridgehead atoms. The van der Waals surface area contributed by atoms with Gasteiger partial charge in [-0.05, 0) is 34.9 Å². The van der Waals surface area contributed by atoms with Crippen molar-refractivity contribution < 1.29 is 9.53 Å². The van der Waals surface area contributed by atoms with Crippen LogP contribution in [0.5, 0.6) is 5.75 Å². The lowest BCUT2D eigenvalue weighted by molar-refractivity contribution is -0.131. The van der Waals surface area contributed by atoms with Crippen molar-refractivity contribution in [2.24, 2.45) is 5.73 Å². The van der Waals surface area contributed by atoms with Gasteiger partial charge in [-0.1, -0.05) is 58.0 Å². The van der Waals surface area contributed by atoms with E-state index in [0.717, 1.165) is 6.54 Å². The highest BCUT2D eigenvalue weighted by Crippen LogP contribution is 2.48. The predicted molar refractivity (Wildman–Crippen MR) is 117 cm³/mol. The van der Waals surface area contributed by atoms with Crippen LogP contribution in [0.3, 0.4) is 0 Å². The van der Waals surface area contributed by atoms with Crippen molar-refractivity contribution in [3.05, 3.63) is 25.1 Å². The van der Waals surface area contributed by atoms with Crippen LogP contribution < -0.4 is 15.8 Å². The molecule has 1 aromatic carbocycles. The molecule has 156 valence electrons. The summed E-state index contributed by atoms with van der Waals surface area (Å²) in [5.74, 6) is -0.682. The number of nitrogens with zero attached hydrogens (tertiary/aromatic N) is 1. The van der Waals surface area contributed by atoms with Gasteiger partial charge in [0.05, 0.1) is 15.1 Å². The van der Waals surface area contributed by atoms with Crippen molar-refractivity contribution >= 4 is 64.0 Å². The molecule has 5 nitrogen and oxygen atoms in total. The predicted octanol–water partition coefficient (Wildman–Crippen LogP) is 5.14. The maximum Gasteiger partial charge on any atom is 0.308 e. The normalized spacial score (nSPS) is 12.5. The van der Waals surface area contributed by atoms with Crippen molar-refractivity contribution in [3.8, 4) is 5.75 Å². The topological polar surface area (TPSA) is 67.6 Å². The number of nitrogens with two attached hydrogens (primary N) is 1. The molecule has 0 aromatic heterocycles. The third-order valence-electron chi connectivity index (χ3n) is 4.22.